The number of amides is 2. The number of hydrogen-bond acceptors (Lipinski definition) is 4. The first-order chi connectivity index (χ1) is 16.0. The zero-order valence-electron chi connectivity index (χ0n) is 18.9. The van der Waals surface area contributed by atoms with Crippen LogP contribution in [-0.2, 0) is 9.59 Å². The molecule has 1 aliphatic heterocycles. The van der Waals surface area contributed by atoms with Crippen LogP contribution in [0.4, 0.5) is 11.4 Å². The number of hydrogen-bond donors (Lipinski definition) is 2. The van der Waals surface area contributed by atoms with Gasteiger partial charge in [0.25, 0.3) is 5.91 Å². The van der Waals surface area contributed by atoms with Gasteiger partial charge in [-0.2, -0.15) is 0 Å². The molecule has 1 heterocycles. The Balaban J connectivity index is 1.39. The fourth-order valence-corrected chi connectivity index (χ4v) is 5.15. The molecule has 4 rings (SSSR count). The molecule has 1 aliphatic carbocycles. The summed E-state index contributed by atoms with van der Waals surface area (Å²) in [7, 11) is 0. The van der Waals surface area contributed by atoms with Gasteiger partial charge in [-0.05, 0) is 67.5 Å². The first kappa shape index (κ1) is 23.4. The van der Waals surface area contributed by atoms with Crippen LogP contribution in [0.15, 0.2) is 42.5 Å². The molecule has 2 aliphatic rings. The van der Waals surface area contributed by atoms with E-state index < -0.39 is 0 Å². The number of rotatable bonds is 7. The predicted octanol–water partition coefficient (Wildman–Crippen LogP) is 5.11. The summed E-state index contributed by atoms with van der Waals surface area (Å²) in [4.78, 5) is 26.4. The maximum absolute atomic E-state index is 12.8. The summed E-state index contributed by atoms with van der Waals surface area (Å²) in [6, 6.07) is 13.4. The van der Waals surface area contributed by atoms with E-state index in [-0.39, 0.29) is 24.3 Å². The molecule has 0 spiro atoms. The van der Waals surface area contributed by atoms with E-state index in [9.17, 15) is 9.59 Å². The van der Waals surface area contributed by atoms with Crippen molar-refractivity contribution in [2.24, 2.45) is 11.7 Å². The van der Waals surface area contributed by atoms with Gasteiger partial charge in [-0.25, -0.2) is 0 Å². The number of halogens is 1. The van der Waals surface area contributed by atoms with E-state index in [2.05, 4.69) is 10.2 Å². The van der Waals surface area contributed by atoms with Crippen LogP contribution in [0.3, 0.4) is 0 Å². The summed E-state index contributed by atoms with van der Waals surface area (Å²) in [6.07, 6.45) is 7.40. The minimum absolute atomic E-state index is 0.0700. The van der Waals surface area contributed by atoms with Gasteiger partial charge in [0.1, 0.15) is 5.75 Å². The van der Waals surface area contributed by atoms with Gasteiger partial charge in [-0.3, -0.25) is 9.59 Å². The van der Waals surface area contributed by atoms with Crippen LogP contribution in [0.25, 0.3) is 0 Å². The Hall–Kier alpha value is -2.73. The zero-order chi connectivity index (χ0) is 23.2. The van der Waals surface area contributed by atoms with Crippen LogP contribution in [0.1, 0.15) is 56.4 Å². The lowest BCUT2D eigenvalue weighted by Gasteiger charge is -2.33. The molecule has 2 fully saturated rings. The lowest BCUT2D eigenvalue weighted by Crippen LogP contribution is -2.39. The average Bonchev–Trinajstić information content (AvgIpc) is 2.84. The Kier molecular flexibility index (Phi) is 7.76. The van der Waals surface area contributed by atoms with Crippen molar-refractivity contribution < 1.29 is 14.3 Å². The molecule has 7 heteroatoms. The van der Waals surface area contributed by atoms with Gasteiger partial charge in [-0.15, -0.1) is 0 Å². The number of piperidine rings is 1. The summed E-state index contributed by atoms with van der Waals surface area (Å²) in [5.74, 6) is 0.652. The Labute approximate surface area is 200 Å². The van der Waals surface area contributed by atoms with Gasteiger partial charge in [0.2, 0.25) is 5.91 Å². The van der Waals surface area contributed by atoms with Crippen LogP contribution in [0.2, 0.25) is 5.02 Å². The van der Waals surface area contributed by atoms with E-state index in [1.807, 2.05) is 42.5 Å². The van der Waals surface area contributed by atoms with Gasteiger partial charge in [0.15, 0.2) is 6.61 Å². The molecule has 0 atom stereocenters. The highest BCUT2D eigenvalue weighted by Gasteiger charge is 2.25. The monoisotopic (exact) mass is 469 g/mol. The topological polar surface area (TPSA) is 84.7 Å². The van der Waals surface area contributed by atoms with Gasteiger partial charge in [0, 0.05) is 24.0 Å². The number of para-hydroxylation sites is 2. The minimum atomic E-state index is -0.233. The maximum Gasteiger partial charge on any atom is 0.262 e. The number of carbonyl (C=O) groups is 2. The van der Waals surface area contributed by atoms with Crippen molar-refractivity contribution in [1.29, 1.82) is 0 Å². The lowest BCUT2D eigenvalue weighted by molar-refractivity contribution is -0.122. The lowest BCUT2D eigenvalue weighted by atomic mass is 9.84. The Morgan fingerprint density at radius 1 is 1.03 bits per heavy atom. The Morgan fingerprint density at radius 3 is 2.48 bits per heavy atom. The van der Waals surface area contributed by atoms with Crippen LogP contribution in [0.5, 0.6) is 5.75 Å². The molecule has 0 radical (unpaired) electrons. The second kappa shape index (κ2) is 10.9. The van der Waals surface area contributed by atoms with E-state index >= 15 is 0 Å². The fourth-order valence-electron chi connectivity index (χ4n) is 4.97. The highest BCUT2D eigenvalue weighted by molar-refractivity contribution is 6.30. The maximum atomic E-state index is 12.8. The molecule has 2 amide bonds. The molecule has 1 saturated carbocycles. The number of primary amides is 1. The number of nitrogens with zero attached hydrogens (tertiary/aromatic N) is 1. The van der Waals surface area contributed by atoms with Crippen LogP contribution >= 0.6 is 11.6 Å². The van der Waals surface area contributed by atoms with Crippen molar-refractivity contribution in [3.63, 3.8) is 0 Å². The smallest absolute Gasteiger partial charge is 0.262 e. The van der Waals surface area contributed by atoms with Crippen molar-refractivity contribution in [2.75, 3.05) is 29.9 Å². The Morgan fingerprint density at radius 2 is 1.76 bits per heavy atom. The quantitative estimate of drug-likeness (QED) is 0.590. The van der Waals surface area contributed by atoms with Crippen molar-refractivity contribution >= 4 is 34.8 Å². The van der Waals surface area contributed by atoms with E-state index in [1.165, 1.54) is 19.3 Å². The number of benzene rings is 2. The minimum Gasteiger partial charge on any atom is -0.483 e. The molecule has 0 bridgehead atoms. The van der Waals surface area contributed by atoms with Gasteiger partial charge in [0.05, 0.1) is 11.4 Å². The zero-order valence-corrected chi connectivity index (χ0v) is 19.7. The van der Waals surface area contributed by atoms with Crippen LogP contribution in [-0.4, -0.2) is 31.5 Å². The molecule has 2 aromatic rings. The first-order valence-corrected chi connectivity index (χ1v) is 12.2. The second-order valence-corrected chi connectivity index (χ2v) is 9.47. The average molecular weight is 470 g/mol. The van der Waals surface area contributed by atoms with Gasteiger partial charge < -0.3 is 20.7 Å². The van der Waals surface area contributed by atoms with Crippen molar-refractivity contribution in [1.82, 2.24) is 0 Å². The third kappa shape index (κ3) is 5.99. The van der Waals surface area contributed by atoms with E-state index in [4.69, 9.17) is 22.1 Å². The van der Waals surface area contributed by atoms with E-state index in [1.54, 1.807) is 0 Å². The summed E-state index contributed by atoms with van der Waals surface area (Å²) in [5, 5.41) is 3.69. The van der Waals surface area contributed by atoms with Gasteiger partial charge in [-0.1, -0.05) is 43.0 Å². The summed E-state index contributed by atoms with van der Waals surface area (Å²) >= 11 is 6.26. The molecule has 1 saturated heterocycles. The largest absolute Gasteiger partial charge is 0.483 e. The second-order valence-electron chi connectivity index (χ2n) is 9.03. The summed E-state index contributed by atoms with van der Waals surface area (Å²) in [5.41, 5.74) is 8.25. The molecule has 3 N–H and O–H groups in total. The summed E-state index contributed by atoms with van der Waals surface area (Å²) in [6.45, 7) is 1.39. The highest BCUT2D eigenvalue weighted by Crippen LogP contribution is 2.39. The fraction of sp³-hybridized carbons (Fsp3) is 0.462. The Bertz CT molecular complexity index is 982. The third-order valence-electron chi connectivity index (χ3n) is 6.79. The molecule has 6 nitrogen and oxygen atoms in total. The van der Waals surface area contributed by atoms with E-state index in [0.29, 0.717) is 10.9 Å². The number of nitrogens with one attached hydrogen (secondary N) is 1. The van der Waals surface area contributed by atoms with E-state index in [0.717, 1.165) is 61.5 Å². The number of ether oxygens (including phenoxy) is 1. The molecule has 0 aromatic heterocycles. The molecular weight excluding hydrogens is 438 g/mol. The highest BCUT2D eigenvalue weighted by atomic mass is 35.5. The van der Waals surface area contributed by atoms with Gasteiger partial charge >= 0.3 is 0 Å². The first-order valence-electron chi connectivity index (χ1n) is 11.9. The molecule has 0 unspecified atom stereocenters. The van der Waals surface area contributed by atoms with Crippen molar-refractivity contribution in [2.45, 2.75) is 50.9 Å². The number of carbonyl (C=O) groups excluding carboxylic acids is 2. The summed E-state index contributed by atoms with van der Waals surface area (Å²) < 4.78 is 5.97. The van der Waals surface area contributed by atoms with Crippen molar-refractivity contribution in [3.8, 4) is 5.75 Å². The number of anilines is 2. The molecule has 33 heavy (non-hydrogen) atoms. The standard InChI is InChI=1S/C26H32ClN3O3/c27-20-10-11-24(21(16-20)18-6-2-1-3-7-18)33-17-25(31)29-22-8-4-5-9-23(22)30-14-12-19(13-15-30)26(28)32/h4-5,8-11,16,18-19H,1-3,6-7,12-15,17H2,(H2,28,32)(H,29,31). The normalized spacial score (nSPS) is 17.5. The third-order valence-corrected chi connectivity index (χ3v) is 7.03. The molecular formula is C26H32ClN3O3. The van der Waals surface area contributed by atoms with Crippen molar-refractivity contribution in [3.05, 3.63) is 53.1 Å². The SMILES string of the molecule is NC(=O)C1CCN(c2ccccc2NC(=O)COc2ccc(Cl)cc2C2CCCCC2)CC1. The number of nitrogens with two attached hydrogens (primary N) is 1. The van der Waals surface area contributed by atoms with Crippen LogP contribution < -0.4 is 20.7 Å². The molecule has 176 valence electrons. The molecule has 2 aromatic carbocycles. The predicted molar refractivity (Wildman–Crippen MR) is 132 cm³/mol. The van der Waals surface area contributed by atoms with Crippen LogP contribution in [0, 0.1) is 5.92 Å².